The summed E-state index contributed by atoms with van der Waals surface area (Å²) in [5.74, 6) is -9.69. The van der Waals surface area contributed by atoms with E-state index in [1.165, 1.54) is 64.4 Å². The molecule has 10 N–H and O–H groups in total. The van der Waals surface area contributed by atoms with Crippen LogP contribution in [0.1, 0.15) is 142 Å². The molecular formula is C41H67N6O17P. The first kappa shape index (κ1) is 56.0. The normalized spacial score (nSPS) is 15.6. The molecule has 1 aromatic heterocycles. The molecule has 368 valence electrons. The number of cyclic esters (lactones) is 1. The van der Waals surface area contributed by atoms with Gasteiger partial charge in [0.2, 0.25) is 17.9 Å². The van der Waals surface area contributed by atoms with Crippen molar-refractivity contribution in [3.63, 3.8) is 0 Å². The predicted molar refractivity (Wildman–Crippen MR) is 228 cm³/mol. The van der Waals surface area contributed by atoms with E-state index in [-0.39, 0.29) is 19.3 Å². The first-order valence-corrected chi connectivity index (χ1v) is 23.7. The Bertz CT molecular complexity index is 1740. The number of hydrogen-bond donors (Lipinski definition) is 9. The number of nitrogens with zero attached hydrogens (tertiary/aromatic N) is 1. The highest BCUT2D eigenvalue weighted by molar-refractivity contribution is 7.46. The van der Waals surface area contributed by atoms with E-state index in [1.807, 2.05) is 0 Å². The predicted octanol–water partition coefficient (Wildman–Crippen LogP) is 3.09. The number of nitrogens with one attached hydrogen (secondary N) is 4. The number of phosphoric ester groups is 1. The number of carboxylic acid groups (broad SMARTS) is 1. The molecule has 2 rings (SSSR count). The van der Waals surface area contributed by atoms with E-state index in [1.54, 1.807) is 0 Å². The van der Waals surface area contributed by atoms with Crippen molar-refractivity contribution in [2.75, 3.05) is 13.2 Å². The highest BCUT2D eigenvalue weighted by Gasteiger charge is 2.45. The van der Waals surface area contributed by atoms with Gasteiger partial charge in [-0.25, -0.2) is 19.1 Å². The van der Waals surface area contributed by atoms with Gasteiger partial charge in [0.15, 0.2) is 11.9 Å². The monoisotopic (exact) mass is 946 g/mol. The summed E-state index contributed by atoms with van der Waals surface area (Å²) in [5.41, 5.74) is 8.22. The second-order valence-corrected chi connectivity index (χ2v) is 16.8. The fourth-order valence-corrected chi connectivity index (χ4v) is 6.87. The second-order valence-electron chi connectivity index (χ2n) is 15.7. The maximum atomic E-state index is 13.1. The number of hydrogen-bond acceptors (Lipinski definition) is 17. The van der Waals surface area contributed by atoms with Gasteiger partial charge in [-0.15, -0.1) is 5.48 Å². The van der Waals surface area contributed by atoms with Crippen molar-refractivity contribution in [2.24, 2.45) is 5.73 Å². The number of aromatic amines is 1. The molecule has 0 fully saturated rings. The molecule has 0 saturated heterocycles. The number of hydroxylamine groups is 1. The molecule has 0 saturated carbocycles. The van der Waals surface area contributed by atoms with Crippen LogP contribution in [0.2, 0.25) is 0 Å². The number of H-pyrrole nitrogens is 1. The third kappa shape index (κ3) is 23.6. The van der Waals surface area contributed by atoms with Gasteiger partial charge in [0.1, 0.15) is 24.7 Å². The van der Waals surface area contributed by atoms with Crippen LogP contribution >= 0.6 is 7.82 Å². The lowest BCUT2D eigenvalue weighted by Crippen LogP contribution is -2.55. The van der Waals surface area contributed by atoms with Crippen LogP contribution in [0.3, 0.4) is 0 Å². The molecule has 2 amide bonds. The van der Waals surface area contributed by atoms with Crippen molar-refractivity contribution in [3.05, 3.63) is 29.7 Å². The van der Waals surface area contributed by atoms with Gasteiger partial charge in [-0.3, -0.25) is 33.8 Å². The van der Waals surface area contributed by atoms with Gasteiger partial charge in [-0.05, 0) is 39.2 Å². The number of carbonyl (C=O) groups is 7. The smallest absolute Gasteiger partial charge is 0.505 e. The largest absolute Gasteiger partial charge is 0.525 e. The standard InChI is InChI=1S/C41H67N6O17P/c1-3-4-5-6-7-8-9-10-11-12-13-14-15-19-32(48)60-25-31(36-35(51)37(41(56)62-36)64-65(57,58)59)61-33(49)20-21-34(50)63-47-27(2)38(52)45-29(18-16-17-22-42)39(53)46-30(40(54)55)23-28-24-43-26-44-28/h24,26-27,29-31,36,47,51H,3-23,25,42H2,1-2H3,(H,43,44)(H,45,52)(H,46,53)(H,54,55)(H2,57,58,59). The SMILES string of the molecule is CCCCCCCCCCCCCCCC(=O)OCC(OC(=O)CCC(=O)ONC(C)C(=O)NC(CCCCN)C(=O)NC(Cc1cnc[nH]1)C(=O)O)C1OC(=O)C(OP(=O)(O)O)=C1O. The number of aliphatic hydroxyl groups excluding tert-OH is 1. The van der Waals surface area contributed by atoms with Crippen molar-refractivity contribution < 1.29 is 81.7 Å². The number of amides is 2. The molecule has 5 atom stereocenters. The van der Waals surface area contributed by atoms with Gasteiger partial charge in [0.25, 0.3) is 5.76 Å². The van der Waals surface area contributed by atoms with E-state index < -0.39 is 111 Å². The van der Waals surface area contributed by atoms with Crippen molar-refractivity contribution in [2.45, 2.75) is 173 Å². The molecule has 0 aliphatic carbocycles. The Hall–Kier alpha value is -5.09. The topological polar surface area (TPSA) is 354 Å². The zero-order valence-electron chi connectivity index (χ0n) is 37.2. The molecule has 0 spiro atoms. The van der Waals surface area contributed by atoms with Crippen LogP contribution in [-0.2, 0) is 68.1 Å². The molecule has 1 aliphatic rings. The van der Waals surface area contributed by atoms with Gasteiger partial charge in [-0.1, -0.05) is 84.0 Å². The van der Waals surface area contributed by atoms with Gasteiger partial charge >= 0.3 is 37.7 Å². The molecule has 23 nitrogen and oxygen atoms in total. The number of nitrogens with two attached hydrogens (primary N) is 1. The van der Waals surface area contributed by atoms with Crippen molar-refractivity contribution in [1.29, 1.82) is 0 Å². The van der Waals surface area contributed by atoms with Crippen LogP contribution in [0.5, 0.6) is 0 Å². The van der Waals surface area contributed by atoms with Gasteiger partial charge in [-0.2, -0.15) is 0 Å². The zero-order chi connectivity index (χ0) is 48.2. The maximum Gasteiger partial charge on any atom is 0.525 e. The summed E-state index contributed by atoms with van der Waals surface area (Å²) in [4.78, 5) is 118. The van der Waals surface area contributed by atoms with E-state index in [9.17, 15) is 48.3 Å². The van der Waals surface area contributed by atoms with Gasteiger partial charge in [0.05, 0.1) is 19.2 Å². The molecule has 0 bridgehead atoms. The molecule has 65 heavy (non-hydrogen) atoms. The van der Waals surface area contributed by atoms with Crippen LogP contribution in [0.25, 0.3) is 0 Å². The van der Waals surface area contributed by atoms with Crippen molar-refractivity contribution in [3.8, 4) is 0 Å². The van der Waals surface area contributed by atoms with Crippen molar-refractivity contribution in [1.82, 2.24) is 26.1 Å². The van der Waals surface area contributed by atoms with Crippen LogP contribution in [0, 0.1) is 0 Å². The average Bonchev–Trinajstić information content (AvgIpc) is 3.87. The number of esters is 3. The number of aliphatic carboxylic acids is 1. The summed E-state index contributed by atoms with van der Waals surface area (Å²) in [7, 11) is -5.35. The Morgan fingerprint density at radius 3 is 2.02 bits per heavy atom. The zero-order valence-corrected chi connectivity index (χ0v) is 38.1. The number of carbonyl (C=O) groups excluding carboxylic acids is 6. The Balaban J connectivity index is 1.90. The lowest BCUT2D eigenvalue weighted by molar-refractivity contribution is -0.172. The molecular weight excluding hydrogens is 879 g/mol. The lowest BCUT2D eigenvalue weighted by Gasteiger charge is -2.23. The molecule has 5 unspecified atom stereocenters. The lowest BCUT2D eigenvalue weighted by atomic mass is 10.0. The highest BCUT2D eigenvalue weighted by Crippen LogP contribution is 2.42. The number of imidazole rings is 1. The van der Waals surface area contributed by atoms with E-state index in [0.29, 0.717) is 31.5 Å². The van der Waals surface area contributed by atoms with Crippen LogP contribution in [0.4, 0.5) is 0 Å². The fraction of sp³-hybridized carbons (Fsp3) is 0.707. The minimum atomic E-state index is -5.35. The third-order valence-corrected chi connectivity index (χ3v) is 10.5. The van der Waals surface area contributed by atoms with Crippen LogP contribution in [-0.4, -0.2) is 115 Å². The summed E-state index contributed by atoms with van der Waals surface area (Å²) in [5, 5.41) is 25.1. The van der Waals surface area contributed by atoms with Crippen LogP contribution in [0.15, 0.2) is 24.0 Å². The van der Waals surface area contributed by atoms with E-state index in [4.69, 9.17) is 34.6 Å². The summed E-state index contributed by atoms with van der Waals surface area (Å²) in [6.07, 6.45) is 13.0. The summed E-state index contributed by atoms with van der Waals surface area (Å²) in [6.45, 7) is 3.03. The third-order valence-electron chi connectivity index (χ3n) is 10.1. The number of carboxylic acids is 1. The fourth-order valence-electron chi connectivity index (χ4n) is 6.47. The van der Waals surface area contributed by atoms with E-state index in [2.05, 4.69) is 37.5 Å². The Kier molecular flexibility index (Phi) is 26.7. The average molecular weight is 947 g/mol. The number of aliphatic hydroxyl groups is 1. The molecule has 0 radical (unpaired) electrons. The molecule has 2 heterocycles. The molecule has 1 aromatic rings. The minimum absolute atomic E-state index is 0.00651. The Morgan fingerprint density at radius 2 is 1.45 bits per heavy atom. The molecule has 0 aromatic carbocycles. The number of phosphoric acid groups is 1. The number of aromatic nitrogens is 2. The summed E-state index contributed by atoms with van der Waals surface area (Å²) < 4.78 is 31.1. The van der Waals surface area contributed by atoms with Gasteiger partial charge in [0, 0.05) is 24.7 Å². The summed E-state index contributed by atoms with van der Waals surface area (Å²) in [6, 6.07) is -3.79. The number of rotatable bonds is 36. The van der Waals surface area contributed by atoms with E-state index in [0.717, 1.165) is 32.1 Å². The first-order chi connectivity index (χ1) is 30.9. The van der Waals surface area contributed by atoms with Crippen molar-refractivity contribution >= 4 is 49.5 Å². The van der Waals surface area contributed by atoms with E-state index >= 15 is 0 Å². The first-order valence-electron chi connectivity index (χ1n) is 22.2. The van der Waals surface area contributed by atoms with Crippen LogP contribution < -0.4 is 21.8 Å². The quantitative estimate of drug-likeness (QED) is 0.0153. The second kappa shape index (κ2) is 30.9. The number of ether oxygens (including phenoxy) is 3. The highest BCUT2D eigenvalue weighted by atomic mass is 31.2. The minimum Gasteiger partial charge on any atom is -0.505 e. The molecule has 1 aliphatic heterocycles. The number of unbranched alkanes of at least 4 members (excludes halogenated alkanes) is 13. The molecule has 24 heteroatoms. The summed E-state index contributed by atoms with van der Waals surface area (Å²) >= 11 is 0. The Morgan fingerprint density at radius 1 is 0.846 bits per heavy atom. The maximum absolute atomic E-state index is 13.1. The Labute approximate surface area is 377 Å². The van der Waals surface area contributed by atoms with Gasteiger partial charge < -0.3 is 55.1 Å².